The third-order valence-corrected chi connectivity index (χ3v) is 5.98. The molecule has 0 spiro atoms. The molecule has 1 aromatic heterocycles. The van der Waals surface area contributed by atoms with E-state index >= 15 is 0 Å². The van der Waals surface area contributed by atoms with Gasteiger partial charge in [-0.2, -0.15) is 0 Å². The highest BCUT2D eigenvalue weighted by Crippen LogP contribution is 2.34. The van der Waals surface area contributed by atoms with Crippen molar-refractivity contribution >= 4 is 29.0 Å². The van der Waals surface area contributed by atoms with Crippen LogP contribution in [0.3, 0.4) is 0 Å². The van der Waals surface area contributed by atoms with Gasteiger partial charge in [0.15, 0.2) is 4.77 Å². The Labute approximate surface area is 156 Å². The lowest BCUT2D eigenvalue weighted by Gasteiger charge is -2.33. The lowest BCUT2D eigenvalue weighted by atomic mass is 9.81. The molecule has 26 heavy (non-hydrogen) atoms. The van der Waals surface area contributed by atoms with Crippen molar-refractivity contribution in [2.24, 2.45) is 5.92 Å². The van der Waals surface area contributed by atoms with E-state index in [1.807, 2.05) is 6.92 Å². The average Bonchev–Trinajstić information content (AvgIpc) is 3.11. The quantitative estimate of drug-likeness (QED) is 0.811. The second kappa shape index (κ2) is 6.96. The molecule has 2 aromatic rings. The molecular formula is C19H23N3O3S. The van der Waals surface area contributed by atoms with Crippen LogP contribution in [0.4, 0.5) is 0 Å². The van der Waals surface area contributed by atoms with E-state index in [1.54, 1.807) is 18.2 Å². The second-order valence-electron chi connectivity index (χ2n) is 7.11. The minimum Gasteiger partial charge on any atom is -0.378 e. The molecule has 0 radical (unpaired) electrons. The van der Waals surface area contributed by atoms with Crippen molar-refractivity contribution in [2.75, 3.05) is 6.61 Å². The highest BCUT2D eigenvalue weighted by Gasteiger charge is 2.38. The summed E-state index contributed by atoms with van der Waals surface area (Å²) in [7, 11) is 0. The van der Waals surface area contributed by atoms with Gasteiger partial charge in [-0.05, 0) is 63.0 Å². The first-order valence-corrected chi connectivity index (χ1v) is 9.68. The van der Waals surface area contributed by atoms with Crippen molar-refractivity contribution < 1.29 is 9.53 Å². The summed E-state index contributed by atoms with van der Waals surface area (Å²) in [4.78, 5) is 28.3. The SMILES string of the molecule is CCn1c(=S)[nH]c2cc(C(=O)N[C@@H]3CCC[C@@H]4OCC[C@H]43)ccc2c1=O. The van der Waals surface area contributed by atoms with Crippen molar-refractivity contribution in [3.63, 3.8) is 0 Å². The van der Waals surface area contributed by atoms with E-state index in [0.29, 0.717) is 33.7 Å². The van der Waals surface area contributed by atoms with Crippen LogP contribution in [0.5, 0.6) is 0 Å². The van der Waals surface area contributed by atoms with Gasteiger partial charge >= 0.3 is 0 Å². The van der Waals surface area contributed by atoms with Gasteiger partial charge in [-0.15, -0.1) is 0 Å². The normalized spacial score (nSPS) is 25.2. The first kappa shape index (κ1) is 17.4. The molecule has 2 N–H and O–H groups in total. The molecule has 7 heteroatoms. The summed E-state index contributed by atoms with van der Waals surface area (Å²) in [6.07, 6.45) is 4.46. The third kappa shape index (κ3) is 2.99. The number of nitrogens with one attached hydrogen (secondary N) is 2. The summed E-state index contributed by atoms with van der Waals surface area (Å²) in [5.74, 6) is 0.305. The number of benzene rings is 1. The molecule has 138 valence electrons. The molecule has 6 nitrogen and oxygen atoms in total. The van der Waals surface area contributed by atoms with Gasteiger partial charge in [0.2, 0.25) is 0 Å². The van der Waals surface area contributed by atoms with Crippen molar-refractivity contribution in [1.82, 2.24) is 14.9 Å². The molecule has 4 rings (SSSR count). The molecule has 1 amide bonds. The van der Waals surface area contributed by atoms with E-state index in [0.717, 1.165) is 32.3 Å². The van der Waals surface area contributed by atoms with Crippen LogP contribution in [0.25, 0.3) is 10.9 Å². The maximum atomic E-state index is 12.8. The molecule has 2 heterocycles. The van der Waals surface area contributed by atoms with Gasteiger partial charge in [0.05, 0.1) is 17.0 Å². The Morgan fingerprint density at radius 3 is 3.04 bits per heavy atom. The van der Waals surface area contributed by atoms with Gasteiger partial charge in [0, 0.05) is 30.7 Å². The predicted octanol–water partition coefficient (Wildman–Crippen LogP) is 2.77. The Kier molecular flexibility index (Phi) is 4.67. The van der Waals surface area contributed by atoms with Gasteiger partial charge in [-0.3, -0.25) is 14.2 Å². The first-order chi connectivity index (χ1) is 12.6. The number of fused-ring (bicyclic) bond motifs is 2. The first-order valence-electron chi connectivity index (χ1n) is 9.28. The Morgan fingerprint density at radius 2 is 2.23 bits per heavy atom. The number of carbonyl (C=O) groups excluding carboxylic acids is 1. The average molecular weight is 373 g/mol. The zero-order chi connectivity index (χ0) is 18.3. The molecule has 0 bridgehead atoms. The fourth-order valence-electron chi connectivity index (χ4n) is 4.29. The molecule has 1 aromatic carbocycles. The zero-order valence-electron chi connectivity index (χ0n) is 14.8. The van der Waals surface area contributed by atoms with E-state index in [1.165, 1.54) is 4.57 Å². The molecule has 0 unspecified atom stereocenters. The summed E-state index contributed by atoms with van der Waals surface area (Å²) < 4.78 is 7.66. The van der Waals surface area contributed by atoms with Crippen LogP contribution in [0, 0.1) is 10.7 Å². The van der Waals surface area contributed by atoms with E-state index in [9.17, 15) is 9.59 Å². The van der Waals surface area contributed by atoms with Gasteiger partial charge in [0.25, 0.3) is 11.5 Å². The lowest BCUT2D eigenvalue weighted by molar-refractivity contribution is 0.0510. The minimum absolute atomic E-state index is 0.108. The highest BCUT2D eigenvalue weighted by atomic mass is 32.1. The number of hydrogen-bond donors (Lipinski definition) is 2. The van der Waals surface area contributed by atoms with Gasteiger partial charge < -0.3 is 15.0 Å². The van der Waals surface area contributed by atoms with Gasteiger partial charge in [-0.1, -0.05) is 0 Å². The third-order valence-electron chi connectivity index (χ3n) is 5.66. The molecular weight excluding hydrogens is 350 g/mol. The van der Waals surface area contributed by atoms with Crippen molar-refractivity contribution in [3.8, 4) is 0 Å². The van der Waals surface area contributed by atoms with Crippen LogP contribution in [0.1, 0.15) is 43.0 Å². The zero-order valence-corrected chi connectivity index (χ0v) is 15.6. The maximum absolute atomic E-state index is 12.8. The van der Waals surface area contributed by atoms with Crippen molar-refractivity contribution in [2.45, 2.75) is 51.3 Å². The number of hydrogen-bond acceptors (Lipinski definition) is 4. The molecule has 2 fully saturated rings. The maximum Gasteiger partial charge on any atom is 0.262 e. The second-order valence-corrected chi connectivity index (χ2v) is 7.50. The Balaban J connectivity index is 1.61. The summed E-state index contributed by atoms with van der Waals surface area (Å²) in [5, 5.41) is 3.72. The Bertz CT molecular complexity index is 965. The highest BCUT2D eigenvalue weighted by molar-refractivity contribution is 7.71. The number of rotatable bonds is 3. The fourth-order valence-corrected chi connectivity index (χ4v) is 4.61. The van der Waals surface area contributed by atoms with Crippen LogP contribution in [0.2, 0.25) is 0 Å². The molecule has 2 aliphatic rings. The number of carbonyl (C=O) groups is 1. The number of amides is 1. The van der Waals surface area contributed by atoms with Crippen molar-refractivity contribution in [1.29, 1.82) is 0 Å². The van der Waals surface area contributed by atoms with E-state index < -0.39 is 0 Å². The van der Waals surface area contributed by atoms with E-state index in [2.05, 4.69) is 10.3 Å². The number of H-pyrrole nitrogens is 1. The molecule has 3 atom stereocenters. The Hall–Kier alpha value is -1.99. The van der Waals surface area contributed by atoms with Crippen molar-refractivity contribution in [3.05, 3.63) is 38.9 Å². The van der Waals surface area contributed by atoms with Gasteiger partial charge in [-0.25, -0.2) is 0 Å². The number of nitrogens with zero attached hydrogens (tertiary/aromatic N) is 1. The fraction of sp³-hybridized carbons (Fsp3) is 0.526. The monoisotopic (exact) mass is 373 g/mol. The summed E-state index contributed by atoms with van der Waals surface area (Å²) >= 11 is 5.25. The summed E-state index contributed by atoms with van der Waals surface area (Å²) in [6.45, 7) is 3.18. The molecule has 1 saturated heterocycles. The molecule has 1 aliphatic carbocycles. The molecule has 1 saturated carbocycles. The van der Waals surface area contributed by atoms with E-state index in [4.69, 9.17) is 17.0 Å². The predicted molar refractivity (Wildman–Crippen MR) is 102 cm³/mol. The standard InChI is InChI=1S/C19H23N3O3S/c1-2-22-18(24)13-7-6-11(10-15(13)21-19(22)26)17(23)20-14-4-3-5-16-12(14)8-9-25-16/h6-7,10,12,14,16H,2-5,8-9H2,1H3,(H,20,23)(H,21,26)/t12-,14+,16-/m0/s1. The number of aromatic amines is 1. The number of ether oxygens (including phenoxy) is 1. The lowest BCUT2D eigenvalue weighted by Crippen LogP contribution is -2.45. The summed E-state index contributed by atoms with van der Waals surface area (Å²) in [5.41, 5.74) is 1.01. The summed E-state index contributed by atoms with van der Waals surface area (Å²) in [6, 6.07) is 5.28. The minimum atomic E-state index is -0.128. The van der Waals surface area contributed by atoms with Gasteiger partial charge in [0.1, 0.15) is 0 Å². The van der Waals surface area contributed by atoms with E-state index in [-0.39, 0.29) is 23.6 Å². The molecule has 1 aliphatic heterocycles. The van der Waals surface area contributed by atoms with Crippen LogP contribution in [-0.2, 0) is 11.3 Å². The topological polar surface area (TPSA) is 76.1 Å². The van der Waals surface area contributed by atoms with Crippen LogP contribution in [-0.4, -0.2) is 34.2 Å². The largest absolute Gasteiger partial charge is 0.378 e. The van der Waals surface area contributed by atoms with Crippen LogP contribution < -0.4 is 10.9 Å². The van der Waals surface area contributed by atoms with Crippen LogP contribution in [0.15, 0.2) is 23.0 Å². The Morgan fingerprint density at radius 1 is 1.38 bits per heavy atom. The van der Waals surface area contributed by atoms with Crippen LogP contribution >= 0.6 is 12.2 Å². The number of aromatic nitrogens is 2. The smallest absolute Gasteiger partial charge is 0.262 e.